The van der Waals surface area contributed by atoms with E-state index in [-0.39, 0.29) is 12.0 Å². The molecule has 90 valence electrons. The third kappa shape index (κ3) is 6.40. The topological polar surface area (TPSA) is 63.6 Å². The average Bonchev–Trinajstić information content (AvgIpc) is 2.23. The average molecular weight is 291 g/mol. The van der Waals surface area contributed by atoms with Gasteiger partial charge >= 0.3 is 11.9 Å². The molecule has 0 aromatic heterocycles. The molecule has 16 heavy (non-hydrogen) atoms. The largest absolute Gasteiger partial charge is 0.481 e. The molecule has 4 nitrogen and oxygen atoms in total. The Labute approximate surface area is 103 Å². The van der Waals surface area contributed by atoms with E-state index in [1.807, 2.05) is 13.0 Å². The van der Waals surface area contributed by atoms with Gasteiger partial charge in [0, 0.05) is 10.1 Å². The van der Waals surface area contributed by atoms with Crippen LogP contribution in [0.1, 0.15) is 26.2 Å². The summed E-state index contributed by atoms with van der Waals surface area (Å²) in [5, 5.41) is 8.63. The molecule has 0 radical (unpaired) electrons. The van der Waals surface area contributed by atoms with Crippen LogP contribution in [0.15, 0.2) is 22.2 Å². The molecule has 5 heteroatoms. The van der Waals surface area contributed by atoms with E-state index in [9.17, 15) is 9.59 Å². The third-order valence-corrected chi connectivity index (χ3v) is 2.28. The highest BCUT2D eigenvalue weighted by Gasteiger charge is 2.13. The third-order valence-electron chi connectivity index (χ3n) is 1.73. The first-order valence-corrected chi connectivity index (χ1v) is 5.66. The van der Waals surface area contributed by atoms with Crippen molar-refractivity contribution in [2.45, 2.75) is 26.2 Å². The van der Waals surface area contributed by atoms with Crippen LogP contribution in [0.5, 0.6) is 0 Å². The van der Waals surface area contributed by atoms with E-state index in [4.69, 9.17) is 5.11 Å². The lowest BCUT2D eigenvalue weighted by Crippen LogP contribution is -2.09. The maximum absolute atomic E-state index is 11.3. The number of ether oxygens (including phenoxy) is 1. The number of carboxylic acid groups (broad SMARTS) is 1. The summed E-state index contributed by atoms with van der Waals surface area (Å²) in [5.74, 6) is -1.68. The number of halogens is 1. The molecular formula is C11H15BrO4. The fraction of sp³-hybridized carbons (Fsp3) is 0.455. The van der Waals surface area contributed by atoms with E-state index in [2.05, 4.69) is 20.7 Å². The van der Waals surface area contributed by atoms with Crippen molar-refractivity contribution < 1.29 is 19.4 Å². The van der Waals surface area contributed by atoms with Crippen molar-refractivity contribution in [3.8, 4) is 0 Å². The van der Waals surface area contributed by atoms with Crippen LogP contribution < -0.4 is 0 Å². The minimum Gasteiger partial charge on any atom is -0.481 e. The van der Waals surface area contributed by atoms with Gasteiger partial charge < -0.3 is 9.84 Å². The van der Waals surface area contributed by atoms with E-state index in [1.165, 1.54) is 13.2 Å². The van der Waals surface area contributed by atoms with Crippen LogP contribution in [-0.4, -0.2) is 24.2 Å². The molecule has 1 N–H and O–H groups in total. The molecule has 0 saturated heterocycles. The van der Waals surface area contributed by atoms with Gasteiger partial charge in [0.15, 0.2) is 0 Å². The van der Waals surface area contributed by atoms with Gasteiger partial charge in [0.25, 0.3) is 0 Å². The van der Waals surface area contributed by atoms with Crippen molar-refractivity contribution in [2.75, 3.05) is 7.11 Å². The van der Waals surface area contributed by atoms with Gasteiger partial charge in [0.05, 0.1) is 13.5 Å². The van der Waals surface area contributed by atoms with Crippen molar-refractivity contribution in [3.05, 3.63) is 22.2 Å². The van der Waals surface area contributed by atoms with Gasteiger partial charge in [-0.05, 0) is 12.5 Å². The zero-order chi connectivity index (χ0) is 12.6. The Kier molecular flexibility index (Phi) is 7.54. The van der Waals surface area contributed by atoms with Crippen molar-refractivity contribution in [1.29, 1.82) is 0 Å². The lowest BCUT2D eigenvalue weighted by Gasteiger charge is -2.02. The van der Waals surface area contributed by atoms with Crippen LogP contribution >= 0.6 is 15.9 Å². The zero-order valence-electron chi connectivity index (χ0n) is 9.33. The normalized spacial score (nSPS) is 12.4. The Hall–Kier alpha value is -1.10. The standard InChI is InChI=1S/C11H15BrO4/c1-3-4-5-9(12)6-8(7-10(13)14)11(15)16-2/h5-6H,3-4,7H2,1-2H3,(H,13,14)/b8-6+,9-5-. The summed E-state index contributed by atoms with van der Waals surface area (Å²) in [6.45, 7) is 2.03. The molecule has 0 aromatic carbocycles. The Balaban J connectivity index is 4.80. The molecule has 0 atom stereocenters. The fourth-order valence-electron chi connectivity index (χ4n) is 0.984. The molecule has 0 aliphatic heterocycles. The smallest absolute Gasteiger partial charge is 0.334 e. The van der Waals surface area contributed by atoms with Crippen LogP contribution in [-0.2, 0) is 14.3 Å². The van der Waals surface area contributed by atoms with Crippen LogP contribution in [0, 0.1) is 0 Å². The molecule has 0 heterocycles. The van der Waals surface area contributed by atoms with Crippen molar-refractivity contribution in [2.24, 2.45) is 0 Å². The monoisotopic (exact) mass is 290 g/mol. The zero-order valence-corrected chi connectivity index (χ0v) is 10.9. The second kappa shape index (κ2) is 8.10. The first-order chi connectivity index (χ1) is 7.51. The predicted molar refractivity (Wildman–Crippen MR) is 64.3 cm³/mol. The lowest BCUT2D eigenvalue weighted by atomic mass is 10.1. The molecule has 0 aromatic rings. The minimum atomic E-state index is -1.06. The van der Waals surface area contributed by atoms with Crippen molar-refractivity contribution in [3.63, 3.8) is 0 Å². The second-order valence-corrected chi connectivity index (χ2v) is 4.03. The van der Waals surface area contributed by atoms with E-state index in [1.54, 1.807) is 0 Å². The van der Waals surface area contributed by atoms with Crippen molar-refractivity contribution in [1.82, 2.24) is 0 Å². The number of methoxy groups -OCH3 is 1. The maximum Gasteiger partial charge on any atom is 0.334 e. The Bertz CT molecular complexity index is 318. The summed E-state index contributed by atoms with van der Waals surface area (Å²) in [6, 6.07) is 0. The number of allylic oxidation sites excluding steroid dienone is 3. The highest BCUT2D eigenvalue weighted by atomic mass is 79.9. The van der Waals surface area contributed by atoms with Crippen molar-refractivity contribution >= 4 is 27.9 Å². The summed E-state index contributed by atoms with van der Waals surface area (Å²) in [7, 11) is 1.22. The summed E-state index contributed by atoms with van der Waals surface area (Å²) in [6.07, 6.45) is 4.86. The molecule has 0 saturated carbocycles. The van der Waals surface area contributed by atoms with Crippen LogP contribution in [0.2, 0.25) is 0 Å². The highest BCUT2D eigenvalue weighted by Crippen LogP contribution is 2.15. The molecule has 0 fully saturated rings. The number of rotatable bonds is 6. The molecular weight excluding hydrogens is 276 g/mol. The number of hydrogen-bond donors (Lipinski definition) is 1. The molecule has 0 spiro atoms. The summed E-state index contributed by atoms with van der Waals surface area (Å²) < 4.78 is 5.19. The maximum atomic E-state index is 11.3. The Morgan fingerprint density at radius 3 is 2.50 bits per heavy atom. The minimum absolute atomic E-state index is 0.120. The lowest BCUT2D eigenvalue weighted by molar-refractivity contribution is -0.141. The van der Waals surface area contributed by atoms with E-state index >= 15 is 0 Å². The summed E-state index contributed by atoms with van der Waals surface area (Å²) in [5.41, 5.74) is 0.120. The van der Waals surface area contributed by atoms with Gasteiger partial charge in [-0.1, -0.05) is 35.4 Å². The van der Waals surface area contributed by atoms with Crippen LogP contribution in [0.25, 0.3) is 0 Å². The SMILES string of the molecule is CCC/C=C(Br)/C=C(\CC(=O)O)C(=O)OC. The van der Waals surface area contributed by atoms with E-state index < -0.39 is 11.9 Å². The number of hydrogen-bond acceptors (Lipinski definition) is 3. The number of carbonyl (C=O) groups is 2. The number of carbonyl (C=O) groups excluding carboxylic acids is 1. The van der Waals surface area contributed by atoms with Gasteiger partial charge in [0.2, 0.25) is 0 Å². The summed E-state index contributed by atoms with van der Waals surface area (Å²) >= 11 is 3.25. The number of esters is 1. The van der Waals surface area contributed by atoms with Gasteiger partial charge in [-0.3, -0.25) is 4.79 Å². The Morgan fingerprint density at radius 1 is 1.44 bits per heavy atom. The van der Waals surface area contributed by atoms with E-state index in [0.717, 1.165) is 12.8 Å². The molecule has 0 aliphatic rings. The summed E-state index contributed by atoms with van der Waals surface area (Å²) in [4.78, 5) is 21.8. The number of carboxylic acids is 1. The van der Waals surface area contributed by atoms with E-state index in [0.29, 0.717) is 4.48 Å². The number of aliphatic carboxylic acids is 1. The Morgan fingerprint density at radius 2 is 2.06 bits per heavy atom. The second-order valence-electron chi connectivity index (χ2n) is 3.11. The number of unbranched alkanes of at least 4 members (excludes halogenated alkanes) is 1. The molecule has 0 unspecified atom stereocenters. The first kappa shape index (κ1) is 14.9. The quantitative estimate of drug-likeness (QED) is 0.464. The van der Waals surface area contributed by atoms with Gasteiger partial charge in [-0.15, -0.1) is 0 Å². The predicted octanol–water partition coefficient (Wildman–Crippen LogP) is 2.64. The van der Waals surface area contributed by atoms with Gasteiger partial charge in [-0.2, -0.15) is 0 Å². The van der Waals surface area contributed by atoms with Gasteiger partial charge in [0.1, 0.15) is 0 Å². The molecule has 0 aliphatic carbocycles. The highest BCUT2D eigenvalue weighted by molar-refractivity contribution is 9.11. The molecule has 0 amide bonds. The fourth-order valence-corrected chi connectivity index (χ4v) is 1.49. The molecule has 0 bridgehead atoms. The van der Waals surface area contributed by atoms with Crippen LogP contribution in [0.4, 0.5) is 0 Å². The first-order valence-electron chi connectivity index (χ1n) is 4.87. The molecule has 0 rings (SSSR count). The van der Waals surface area contributed by atoms with Crippen LogP contribution in [0.3, 0.4) is 0 Å². The van der Waals surface area contributed by atoms with Gasteiger partial charge in [-0.25, -0.2) is 4.79 Å².